The van der Waals surface area contributed by atoms with Crippen LogP contribution in [0.25, 0.3) is 0 Å². The highest BCUT2D eigenvalue weighted by Gasteiger charge is 2.49. The molecule has 1 saturated heterocycles. The van der Waals surface area contributed by atoms with Gasteiger partial charge >= 0.3 is 12.0 Å². The van der Waals surface area contributed by atoms with Gasteiger partial charge in [-0.25, -0.2) is 9.59 Å². The number of nitrogens with one attached hydrogen (secondary N) is 1. The predicted molar refractivity (Wildman–Crippen MR) is 96.8 cm³/mol. The van der Waals surface area contributed by atoms with E-state index in [9.17, 15) is 14.4 Å². The minimum atomic E-state index is -1.22. The summed E-state index contributed by atoms with van der Waals surface area (Å²) >= 11 is 0. The normalized spacial score (nSPS) is 20.3. The number of rotatable bonds is 4. The predicted octanol–water partition coefficient (Wildman–Crippen LogP) is 2.17. The van der Waals surface area contributed by atoms with Gasteiger partial charge in [0.2, 0.25) is 6.79 Å². The van der Waals surface area contributed by atoms with Gasteiger partial charge in [-0.15, -0.1) is 0 Å². The quantitative estimate of drug-likeness (QED) is 0.643. The molecule has 2 aromatic rings. The van der Waals surface area contributed by atoms with Crippen LogP contribution in [0.1, 0.15) is 28.4 Å². The average molecular weight is 382 g/mol. The molecular weight excluding hydrogens is 364 g/mol. The highest BCUT2D eigenvalue weighted by molar-refractivity contribution is 6.07. The molecule has 0 saturated carbocycles. The van der Waals surface area contributed by atoms with E-state index in [1.54, 1.807) is 49.4 Å². The summed E-state index contributed by atoms with van der Waals surface area (Å²) in [5.41, 5.74) is 0.366. The van der Waals surface area contributed by atoms with Crippen molar-refractivity contribution in [1.82, 2.24) is 10.2 Å². The summed E-state index contributed by atoms with van der Waals surface area (Å²) in [6.07, 6.45) is 0. The Morgan fingerprint density at radius 2 is 1.96 bits per heavy atom. The lowest BCUT2D eigenvalue weighted by Crippen LogP contribution is -2.40. The average Bonchev–Trinajstić information content (AvgIpc) is 3.26. The number of urea groups is 1. The molecule has 2 aromatic carbocycles. The minimum absolute atomic E-state index is 0.0373. The van der Waals surface area contributed by atoms with Gasteiger partial charge in [-0.1, -0.05) is 18.2 Å². The van der Waals surface area contributed by atoms with E-state index in [0.717, 1.165) is 4.90 Å². The van der Waals surface area contributed by atoms with Gasteiger partial charge in [0.1, 0.15) is 5.54 Å². The molecule has 0 spiro atoms. The van der Waals surface area contributed by atoms with E-state index >= 15 is 0 Å². The van der Waals surface area contributed by atoms with Crippen LogP contribution < -0.4 is 14.8 Å². The number of methoxy groups -OCH3 is 1. The zero-order chi connectivity index (χ0) is 19.9. The van der Waals surface area contributed by atoms with Crippen LogP contribution in [0.4, 0.5) is 4.79 Å². The van der Waals surface area contributed by atoms with Crippen LogP contribution in [0.2, 0.25) is 0 Å². The van der Waals surface area contributed by atoms with E-state index < -0.39 is 17.5 Å². The molecule has 0 aliphatic carbocycles. The SMILES string of the molecule is COC(=O)c1cccc(CN2C(=O)N[C@@](C)(c3ccc4c(c3)OCO4)C2=O)c1. The van der Waals surface area contributed by atoms with E-state index in [0.29, 0.717) is 28.2 Å². The van der Waals surface area contributed by atoms with Crippen LogP contribution in [0.5, 0.6) is 11.5 Å². The molecule has 28 heavy (non-hydrogen) atoms. The summed E-state index contributed by atoms with van der Waals surface area (Å²) in [4.78, 5) is 38.5. The fourth-order valence-corrected chi connectivity index (χ4v) is 3.34. The largest absolute Gasteiger partial charge is 0.465 e. The van der Waals surface area contributed by atoms with Gasteiger partial charge in [0.25, 0.3) is 5.91 Å². The second-order valence-electron chi connectivity index (χ2n) is 6.71. The van der Waals surface area contributed by atoms with Gasteiger partial charge < -0.3 is 19.5 Å². The Kier molecular flexibility index (Phi) is 4.18. The van der Waals surface area contributed by atoms with E-state index in [2.05, 4.69) is 5.32 Å². The van der Waals surface area contributed by atoms with Crippen molar-refractivity contribution in [2.45, 2.75) is 19.0 Å². The lowest BCUT2D eigenvalue weighted by Gasteiger charge is -2.22. The monoisotopic (exact) mass is 382 g/mol. The molecule has 0 unspecified atom stereocenters. The Morgan fingerprint density at radius 3 is 2.75 bits per heavy atom. The van der Waals surface area contributed by atoms with E-state index in [1.165, 1.54) is 7.11 Å². The molecule has 1 fully saturated rings. The summed E-state index contributed by atoms with van der Waals surface area (Å²) < 4.78 is 15.4. The number of esters is 1. The summed E-state index contributed by atoms with van der Waals surface area (Å²) in [5.74, 6) is 0.259. The second kappa shape index (κ2) is 6.56. The van der Waals surface area contributed by atoms with Crippen molar-refractivity contribution >= 4 is 17.9 Å². The van der Waals surface area contributed by atoms with E-state index in [1.807, 2.05) is 0 Å². The third-order valence-corrected chi connectivity index (χ3v) is 4.91. The van der Waals surface area contributed by atoms with Crippen molar-refractivity contribution in [3.63, 3.8) is 0 Å². The maximum absolute atomic E-state index is 13.1. The van der Waals surface area contributed by atoms with Gasteiger partial charge in [0, 0.05) is 0 Å². The molecule has 0 radical (unpaired) electrons. The van der Waals surface area contributed by atoms with Gasteiger partial charge in [-0.2, -0.15) is 0 Å². The summed E-state index contributed by atoms with van der Waals surface area (Å²) in [6.45, 7) is 1.81. The summed E-state index contributed by atoms with van der Waals surface area (Å²) in [5, 5.41) is 2.76. The fraction of sp³-hybridized carbons (Fsp3) is 0.250. The van der Waals surface area contributed by atoms with Crippen LogP contribution in [0.3, 0.4) is 0 Å². The number of ether oxygens (including phenoxy) is 3. The number of hydrogen-bond donors (Lipinski definition) is 1. The summed E-state index contributed by atoms with van der Waals surface area (Å²) in [7, 11) is 1.29. The Balaban J connectivity index is 1.60. The van der Waals surface area contributed by atoms with Crippen LogP contribution in [0.15, 0.2) is 42.5 Å². The van der Waals surface area contributed by atoms with Crippen molar-refractivity contribution in [3.05, 3.63) is 59.2 Å². The lowest BCUT2D eigenvalue weighted by molar-refractivity contribution is -0.131. The van der Waals surface area contributed by atoms with Gasteiger partial charge in [0.15, 0.2) is 11.5 Å². The molecule has 0 bridgehead atoms. The van der Waals surface area contributed by atoms with Gasteiger partial charge in [0.05, 0.1) is 19.2 Å². The fourth-order valence-electron chi connectivity index (χ4n) is 3.34. The van der Waals surface area contributed by atoms with Crippen LogP contribution in [-0.4, -0.2) is 36.7 Å². The van der Waals surface area contributed by atoms with E-state index in [4.69, 9.17) is 14.2 Å². The molecule has 0 aromatic heterocycles. The van der Waals surface area contributed by atoms with Crippen LogP contribution in [-0.2, 0) is 21.6 Å². The number of imide groups is 1. The summed E-state index contributed by atoms with van der Waals surface area (Å²) in [6, 6.07) is 11.3. The van der Waals surface area contributed by atoms with Gasteiger partial charge in [-0.3, -0.25) is 9.69 Å². The zero-order valence-electron chi connectivity index (χ0n) is 15.4. The Morgan fingerprint density at radius 1 is 1.18 bits per heavy atom. The van der Waals surface area contributed by atoms with Crippen LogP contribution in [0, 0.1) is 0 Å². The van der Waals surface area contributed by atoms with Crippen LogP contribution >= 0.6 is 0 Å². The van der Waals surface area contributed by atoms with Crippen molar-refractivity contribution in [2.75, 3.05) is 13.9 Å². The molecule has 2 aliphatic heterocycles. The first-order valence-electron chi connectivity index (χ1n) is 8.64. The Bertz CT molecular complexity index is 988. The van der Waals surface area contributed by atoms with Gasteiger partial charge in [-0.05, 0) is 42.3 Å². The number of amides is 3. The molecule has 3 amide bonds. The number of carbonyl (C=O) groups excluding carboxylic acids is 3. The molecule has 4 rings (SSSR count). The zero-order valence-corrected chi connectivity index (χ0v) is 15.4. The molecule has 8 nitrogen and oxygen atoms in total. The first kappa shape index (κ1) is 17.8. The second-order valence-corrected chi connectivity index (χ2v) is 6.71. The first-order chi connectivity index (χ1) is 13.4. The topological polar surface area (TPSA) is 94.2 Å². The molecule has 144 valence electrons. The maximum atomic E-state index is 13.1. The molecule has 2 heterocycles. The van der Waals surface area contributed by atoms with Crippen molar-refractivity contribution in [2.24, 2.45) is 0 Å². The molecule has 1 N–H and O–H groups in total. The number of fused-ring (bicyclic) bond motifs is 1. The number of carbonyl (C=O) groups is 3. The number of benzene rings is 2. The third kappa shape index (κ3) is 2.83. The van der Waals surface area contributed by atoms with E-state index in [-0.39, 0.29) is 19.2 Å². The Labute approximate surface area is 161 Å². The van der Waals surface area contributed by atoms with Crippen molar-refractivity contribution in [1.29, 1.82) is 0 Å². The molecule has 8 heteroatoms. The molecule has 2 aliphatic rings. The third-order valence-electron chi connectivity index (χ3n) is 4.91. The number of hydrogen-bond acceptors (Lipinski definition) is 6. The van der Waals surface area contributed by atoms with Crippen molar-refractivity contribution in [3.8, 4) is 11.5 Å². The van der Waals surface area contributed by atoms with Crippen molar-refractivity contribution < 1.29 is 28.6 Å². The molecular formula is C20H18N2O6. The smallest absolute Gasteiger partial charge is 0.337 e. The minimum Gasteiger partial charge on any atom is -0.465 e. The highest BCUT2D eigenvalue weighted by atomic mass is 16.7. The molecule has 1 atom stereocenters. The number of nitrogens with zero attached hydrogens (tertiary/aromatic N) is 1. The lowest BCUT2D eigenvalue weighted by atomic mass is 9.91. The Hall–Kier alpha value is -3.55. The maximum Gasteiger partial charge on any atom is 0.337 e. The first-order valence-corrected chi connectivity index (χ1v) is 8.64. The standard InChI is InChI=1S/C20H18N2O6/c1-20(14-6-7-15-16(9-14)28-11-27-15)18(24)22(19(25)21-20)10-12-4-3-5-13(8-12)17(23)26-2/h3-9H,10-11H2,1-2H3,(H,21,25)/t20-/m0/s1. The highest BCUT2D eigenvalue weighted by Crippen LogP contribution is 2.38.